The van der Waals surface area contributed by atoms with E-state index in [0.29, 0.717) is 12.4 Å². The molecule has 94 valence electrons. The maximum atomic E-state index is 11.4. The second kappa shape index (κ2) is 7.07. The van der Waals surface area contributed by atoms with Gasteiger partial charge in [-0.15, -0.1) is 0 Å². The Morgan fingerprint density at radius 3 is 3.06 bits per heavy atom. The summed E-state index contributed by atoms with van der Waals surface area (Å²) in [6.07, 6.45) is 5.85. The van der Waals surface area contributed by atoms with Crippen molar-refractivity contribution in [1.29, 1.82) is 0 Å². The number of aromatic nitrogens is 3. The predicted octanol–water partition coefficient (Wildman–Crippen LogP) is 2.70. The van der Waals surface area contributed by atoms with E-state index in [9.17, 15) is 4.79 Å². The monoisotopic (exact) mass is 281 g/mol. The molecule has 0 aliphatic carbocycles. The molecule has 0 amide bonds. The molecule has 0 saturated carbocycles. The third-order valence-electron chi connectivity index (χ3n) is 1.89. The van der Waals surface area contributed by atoms with E-state index in [1.807, 2.05) is 18.2 Å². The van der Waals surface area contributed by atoms with Crippen LogP contribution in [0.25, 0.3) is 0 Å². The second-order valence-corrected chi connectivity index (χ2v) is 5.59. The molecule has 0 N–H and O–H groups in total. The van der Waals surface area contributed by atoms with Gasteiger partial charge in [0.25, 0.3) is 0 Å². The van der Waals surface area contributed by atoms with Gasteiger partial charge in [-0.2, -0.15) is 0 Å². The molecule has 2 aromatic heterocycles. The van der Waals surface area contributed by atoms with E-state index in [4.69, 9.17) is 4.74 Å². The van der Waals surface area contributed by atoms with Crippen LogP contribution in [0, 0.1) is 0 Å². The lowest BCUT2D eigenvalue weighted by Crippen LogP contribution is -2.13. The Morgan fingerprint density at radius 2 is 2.33 bits per heavy atom. The van der Waals surface area contributed by atoms with Crippen LogP contribution >= 0.6 is 21.6 Å². The number of nitrogens with zero attached hydrogens (tertiary/aromatic N) is 3. The smallest absolute Gasteiger partial charge is 0.419 e. The van der Waals surface area contributed by atoms with Gasteiger partial charge in [0.05, 0.1) is 0 Å². The molecule has 0 fully saturated rings. The SMILES string of the molecule is O=C(OCCSSc1ccccn1)n1ccnc1. The molecule has 2 rings (SSSR count). The summed E-state index contributed by atoms with van der Waals surface area (Å²) in [5, 5.41) is 0.948. The lowest BCUT2D eigenvalue weighted by Gasteiger charge is -2.03. The van der Waals surface area contributed by atoms with Crippen LogP contribution in [0.5, 0.6) is 0 Å². The summed E-state index contributed by atoms with van der Waals surface area (Å²) in [6.45, 7) is 0.363. The molecule has 0 radical (unpaired) electrons. The lowest BCUT2D eigenvalue weighted by atomic mass is 10.5. The zero-order valence-electron chi connectivity index (χ0n) is 9.43. The number of rotatable bonds is 5. The van der Waals surface area contributed by atoms with Crippen LogP contribution in [0.2, 0.25) is 0 Å². The Labute approximate surface area is 112 Å². The number of carbonyl (C=O) groups is 1. The molecule has 7 heteroatoms. The first-order valence-electron chi connectivity index (χ1n) is 5.22. The molecule has 5 nitrogen and oxygen atoms in total. The number of hydrogen-bond acceptors (Lipinski definition) is 6. The van der Waals surface area contributed by atoms with E-state index in [1.54, 1.807) is 34.0 Å². The Bertz CT molecular complexity index is 476. The van der Waals surface area contributed by atoms with Crippen LogP contribution in [0.1, 0.15) is 0 Å². The first-order valence-corrected chi connectivity index (χ1v) is 7.54. The highest BCUT2D eigenvalue weighted by molar-refractivity contribution is 8.76. The van der Waals surface area contributed by atoms with Crippen LogP contribution in [-0.4, -0.2) is 33.0 Å². The van der Waals surface area contributed by atoms with Crippen molar-refractivity contribution in [2.75, 3.05) is 12.4 Å². The maximum Gasteiger partial charge on any atom is 0.419 e. The molecular weight excluding hydrogens is 270 g/mol. The highest BCUT2D eigenvalue weighted by Crippen LogP contribution is 2.28. The van der Waals surface area contributed by atoms with Crippen molar-refractivity contribution in [3.05, 3.63) is 43.1 Å². The molecule has 0 spiro atoms. The van der Waals surface area contributed by atoms with Gasteiger partial charge in [0.2, 0.25) is 0 Å². The summed E-state index contributed by atoms with van der Waals surface area (Å²) < 4.78 is 6.36. The van der Waals surface area contributed by atoms with E-state index in [-0.39, 0.29) is 0 Å². The van der Waals surface area contributed by atoms with E-state index in [2.05, 4.69) is 9.97 Å². The average Bonchev–Trinajstić information content (AvgIpc) is 2.93. The summed E-state index contributed by atoms with van der Waals surface area (Å²) in [4.78, 5) is 19.4. The highest BCUT2D eigenvalue weighted by Gasteiger charge is 2.04. The number of carbonyl (C=O) groups excluding carboxylic acids is 1. The van der Waals surface area contributed by atoms with E-state index in [1.165, 1.54) is 17.1 Å². The molecule has 0 aliphatic rings. The van der Waals surface area contributed by atoms with Crippen molar-refractivity contribution >= 4 is 27.7 Å². The Kier molecular flexibility index (Phi) is 5.10. The maximum absolute atomic E-state index is 11.4. The van der Waals surface area contributed by atoms with E-state index < -0.39 is 6.09 Å². The predicted molar refractivity (Wildman–Crippen MR) is 71.5 cm³/mol. The second-order valence-electron chi connectivity index (χ2n) is 3.16. The molecule has 2 heterocycles. The summed E-state index contributed by atoms with van der Waals surface area (Å²) in [5.41, 5.74) is 0. The minimum Gasteiger partial charge on any atom is -0.448 e. The number of pyridine rings is 1. The van der Waals surface area contributed by atoms with Crippen molar-refractivity contribution in [3.63, 3.8) is 0 Å². The van der Waals surface area contributed by atoms with Gasteiger partial charge in [-0.25, -0.2) is 19.3 Å². The van der Waals surface area contributed by atoms with Gasteiger partial charge in [-0.1, -0.05) is 16.9 Å². The third-order valence-corrected chi connectivity index (χ3v) is 4.12. The molecule has 0 aromatic carbocycles. The fraction of sp³-hybridized carbons (Fsp3) is 0.182. The van der Waals surface area contributed by atoms with Crippen LogP contribution < -0.4 is 0 Å². The zero-order valence-corrected chi connectivity index (χ0v) is 11.1. The Balaban J connectivity index is 1.61. The van der Waals surface area contributed by atoms with Crippen molar-refractivity contribution < 1.29 is 9.53 Å². The summed E-state index contributed by atoms with van der Waals surface area (Å²) in [5.74, 6) is 0.710. The van der Waals surface area contributed by atoms with Crippen LogP contribution in [0.3, 0.4) is 0 Å². The van der Waals surface area contributed by atoms with Crippen LogP contribution in [0.4, 0.5) is 4.79 Å². The van der Waals surface area contributed by atoms with E-state index >= 15 is 0 Å². The normalized spacial score (nSPS) is 10.2. The van der Waals surface area contributed by atoms with Crippen molar-refractivity contribution in [1.82, 2.24) is 14.5 Å². The van der Waals surface area contributed by atoms with Gasteiger partial charge in [-0.3, -0.25) is 0 Å². The fourth-order valence-corrected chi connectivity index (χ4v) is 2.81. The summed E-state index contributed by atoms with van der Waals surface area (Å²) >= 11 is 0. The van der Waals surface area contributed by atoms with Crippen molar-refractivity contribution in [2.24, 2.45) is 0 Å². The van der Waals surface area contributed by atoms with Gasteiger partial charge >= 0.3 is 6.09 Å². The van der Waals surface area contributed by atoms with Crippen molar-refractivity contribution in [2.45, 2.75) is 5.03 Å². The fourth-order valence-electron chi connectivity index (χ4n) is 1.10. The third kappa shape index (κ3) is 4.08. The Hall–Kier alpha value is -1.47. The molecule has 0 unspecified atom stereocenters. The summed E-state index contributed by atoms with van der Waals surface area (Å²) in [7, 11) is 3.16. The average molecular weight is 281 g/mol. The highest BCUT2D eigenvalue weighted by atomic mass is 33.1. The molecule has 18 heavy (non-hydrogen) atoms. The minimum absolute atomic E-state index is 0.363. The first-order chi connectivity index (χ1) is 8.86. The Morgan fingerprint density at radius 1 is 1.39 bits per heavy atom. The van der Waals surface area contributed by atoms with Crippen molar-refractivity contribution in [3.8, 4) is 0 Å². The first kappa shape index (κ1) is 13.0. The van der Waals surface area contributed by atoms with Gasteiger partial charge < -0.3 is 4.74 Å². The van der Waals surface area contributed by atoms with Crippen LogP contribution in [-0.2, 0) is 4.74 Å². The molecule has 0 atom stereocenters. The minimum atomic E-state index is -0.407. The summed E-state index contributed by atoms with van der Waals surface area (Å²) in [6, 6.07) is 5.76. The topological polar surface area (TPSA) is 57.0 Å². The number of imidazole rings is 1. The van der Waals surface area contributed by atoms with Gasteiger partial charge in [0.15, 0.2) is 0 Å². The number of ether oxygens (including phenoxy) is 1. The zero-order chi connectivity index (χ0) is 12.6. The van der Waals surface area contributed by atoms with Crippen LogP contribution in [0.15, 0.2) is 48.1 Å². The number of hydrogen-bond donors (Lipinski definition) is 0. The van der Waals surface area contributed by atoms with E-state index in [0.717, 1.165) is 5.03 Å². The molecular formula is C11H11N3O2S2. The quantitative estimate of drug-likeness (QED) is 0.620. The molecule has 0 saturated heterocycles. The van der Waals surface area contributed by atoms with Gasteiger partial charge in [-0.05, 0) is 22.9 Å². The molecule has 2 aromatic rings. The largest absolute Gasteiger partial charge is 0.448 e. The van der Waals surface area contributed by atoms with Gasteiger partial charge in [0.1, 0.15) is 18.0 Å². The lowest BCUT2D eigenvalue weighted by molar-refractivity contribution is 0.155. The molecule has 0 bridgehead atoms. The molecule has 0 aliphatic heterocycles. The van der Waals surface area contributed by atoms with Gasteiger partial charge in [0, 0.05) is 24.3 Å². The standard InChI is InChI=1S/C11H11N3O2S2/c15-11(14-6-5-12-9-14)16-7-8-17-18-10-3-1-2-4-13-10/h1-6,9H,7-8H2.